The lowest BCUT2D eigenvalue weighted by atomic mass is 10.0. The molecule has 1 saturated heterocycles. The normalized spacial score (nSPS) is 22.9. The van der Waals surface area contributed by atoms with E-state index in [0.29, 0.717) is 0 Å². The van der Waals surface area contributed by atoms with E-state index in [0.717, 1.165) is 5.92 Å². The molecule has 0 radical (unpaired) electrons. The van der Waals surface area contributed by atoms with Gasteiger partial charge in [-0.05, 0) is 31.8 Å². The van der Waals surface area contributed by atoms with Gasteiger partial charge in [0.1, 0.15) is 0 Å². The third-order valence-electron chi connectivity index (χ3n) is 2.35. The summed E-state index contributed by atoms with van der Waals surface area (Å²) in [7, 11) is 0. The Hall–Kier alpha value is -1.18. The average Bonchev–Trinajstić information content (AvgIpc) is 2.28. The zero-order valence-electron chi connectivity index (χ0n) is 9.67. The van der Waals surface area contributed by atoms with Crippen LogP contribution in [-0.2, 0) is 9.59 Å². The Kier molecular flexibility index (Phi) is 7.44. The van der Waals surface area contributed by atoms with Gasteiger partial charge in [0.05, 0.1) is 0 Å². The number of carboxylic acids is 2. The topological polar surface area (TPSA) is 127 Å². The van der Waals surface area contributed by atoms with Crippen LogP contribution in [-0.4, -0.2) is 57.7 Å². The molecule has 0 aromatic carbocycles. The Balaban J connectivity index is 0.000000318. The summed E-state index contributed by atoms with van der Waals surface area (Å²) in [5.74, 6) is -2.61. The monoisotopic (exact) mass is 249 g/mol. The minimum absolute atomic E-state index is 0.925. The van der Waals surface area contributed by atoms with Crippen LogP contribution in [0.2, 0.25) is 0 Å². The summed E-state index contributed by atoms with van der Waals surface area (Å²) in [6, 6.07) is 0. The molecule has 1 heterocycles. The van der Waals surface area contributed by atoms with Crippen LogP contribution in [0.1, 0.15) is 19.8 Å². The zero-order chi connectivity index (χ0) is 13.4. The molecule has 7 nitrogen and oxygen atoms in total. The second-order valence-electron chi connectivity index (χ2n) is 4.02. The van der Waals surface area contributed by atoms with Gasteiger partial charge in [-0.1, -0.05) is 6.92 Å². The molecular formula is C10H19NO6. The molecule has 100 valence electrons. The van der Waals surface area contributed by atoms with E-state index in [1.807, 2.05) is 0 Å². The Bertz CT molecular complexity index is 233. The first-order valence-corrected chi connectivity index (χ1v) is 5.38. The van der Waals surface area contributed by atoms with Crippen LogP contribution in [0.4, 0.5) is 0 Å². The van der Waals surface area contributed by atoms with E-state index in [2.05, 4.69) is 12.2 Å². The fraction of sp³-hybridized carbons (Fsp3) is 0.800. The van der Waals surface area contributed by atoms with Crippen LogP contribution >= 0.6 is 0 Å². The molecule has 0 bridgehead atoms. The van der Waals surface area contributed by atoms with Crippen LogP contribution < -0.4 is 5.32 Å². The number of carbonyl (C=O) groups is 2. The number of aliphatic hydroxyl groups excluding tert-OH is 2. The molecule has 3 unspecified atom stereocenters. The van der Waals surface area contributed by atoms with E-state index >= 15 is 0 Å². The number of rotatable bonds is 3. The molecule has 1 fully saturated rings. The van der Waals surface area contributed by atoms with Gasteiger partial charge in [-0.3, -0.25) is 0 Å². The molecule has 0 saturated carbocycles. The Morgan fingerprint density at radius 3 is 1.82 bits per heavy atom. The van der Waals surface area contributed by atoms with Gasteiger partial charge in [-0.15, -0.1) is 0 Å². The van der Waals surface area contributed by atoms with Crippen LogP contribution in [0.15, 0.2) is 0 Å². The molecular weight excluding hydrogens is 230 g/mol. The maximum absolute atomic E-state index is 9.77. The van der Waals surface area contributed by atoms with Gasteiger partial charge >= 0.3 is 11.9 Å². The van der Waals surface area contributed by atoms with Gasteiger partial charge in [-0.2, -0.15) is 0 Å². The first-order valence-electron chi connectivity index (χ1n) is 5.38. The fourth-order valence-electron chi connectivity index (χ4n) is 1.30. The zero-order valence-corrected chi connectivity index (χ0v) is 9.67. The van der Waals surface area contributed by atoms with E-state index in [-0.39, 0.29) is 0 Å². The molecule has 0 aromatic rings. The van der Waals surface area contributed by atoms with Gasteiger partial charge in [-0.25, -0.2) is 9.59 Å². The molecule has 0 amide bonds. The SMILES string of the molecule is CC1CCCNC1.O=C(O)C(O)C(O)C(=O)O. The largest absolute Gasteiger partial charge is 0.479 e. The average molecular weight is 249 g/mol. The molecule has 3 atom stereocenters. The van der Waals surface area contributed by atoms with Crippen LogP contribution in [0.3, 0.4) is 0 Å². The Morgan fingerprint density at radius 1 is 1.18 bits per heavy atom. The Morgan fingerprint density at radius 2 is 1.65 bits per heavy atom. The summed E-state index contributed by atoms with van der Waals surface area (Å²) < 4.78 is 0. The van der Waals surface area contributed by atoms with Crippen LogP contribution in [0, 0.1) is 5.92 Å². The molecule has 1 aliphatic heterocycles. The number of carboxylic acid groups (broad SMARTS) is 2. The highest BCUT2D eigenvalue weighted by molar-refractivity contribution is 5.83. The summed E-state index contributed by atoms with van der Waals surface area (Å²) in [6.07, 6.45) is -1.73. The Labute approximate surface area is 99.1 Å². The molecule has 17 heavy (non-hydrogen) atoms. The third-order valence-corrected chi connectivity index (χ3v) is 2.35. The van der Waals surface area contributed by atoms with E-state index in [4.69, 9.17) is 20.4 Å². The number of hydrogen-bond acceptors (Lipinski definition) is 5. The minimum Gasteiger partial charge on any atom is -0.479 e. The minimum atomic E-state index is -2.27. The number of aliphatic carboxylic acids is 2. The lowest BCUT2D eigenvalue weighted by Crippen LogP contribution is -2.39. The van der Waals surface area contributed by atoms with E-state index < -0.39 is 24.1 Å². The first-order chi connectivity index (χ1) is 7.86. The maximum atomic E-state index is 9.77. The molecule has 1 aliphatic rings. The highest BCUT2D eigenvalue weighted by Crippen LogP contribution is 2.06. The van der Waals surface area contributed by atoms with Crippen molar-refractivity contribution in [1.82, 2.24) is 5.32 Å². The van der Waals surface area contributed by atoms with Gasteiger partial charge < -0.3 is 25.7 Å². The third kappa shape index (κ3) is 6.88. The summed E-state index contributed by atoms with van der Waals surface area (Å²) in [5, 5.41) is 35.9. The van der Waals surface area contributed by atoms with Crippen molar-refractivity contribution in [3.8, 4) is 0 Å². The highest BCUT2D eigenvalue weighted by atomic mass is 16.4. The summed E-state index contributed by atoms with van der Waals surface area (Å²) in [6.45, 7) is 4.77. The summed E-state index contributed by atoms with van der Waals surface area (Å²) in [4.78, 5) is 19.5. The first kappa shape index (κ1) is 15.8. The summed E-state index contributed by atoms with van der Waals surface area (Å²) in [5.41, 5.74) is 0. The molecule has 0 spiro atoms. The van der Waals surface area contributed by atoms with Crippen molar-refractivity contribution in [2.75, 3.05) is 13.1 Å². The highest BCUT2D eigenvalue weighted by Gasteiger charge is 2.29. The van der Waals surface area contributed by atoms with E-state index in [9.17, 15) is 9.59 Å². The lowest BCUT2D eigenvalue weighted by molar-refractivity contribution is -0.165. The van der Waals surface area contributed by atoms with Crippen molar-refractivity contribution in [2.45, 2.75) is 32.0 Å². The van der Waals surface area contributed by atoms with Crippen molar-refractivity contribution in [2.24, 2.45) is 5.92 Å². The lowest BCUT2D eigenvalue weighted by Gasteiger charge is -2.17. The van der Waals surface area contributed by atoms with Gasteiger partial charge in [0.15, 0.2) is 12.2 Å². The van der Waals surface area contributed by atoms with Crippen molar-refractivity contribution in [3.63, 3.8) is 0 Å². The number of hydrogen-bond donors (Lipinski definition) is 5. The fourth-order valence-corrected chi connectivity index (χ4v) is 1.30. The maximum Gasteiger partial charge on any atom is 0.335 e. The van der Waals surface area contributed by atoms with Crippen molar-refractivity contribution in [1.29, 1.82) is 0 Å². The quantitative estimate of drug-likeness (QED) is 0.429. The molecule has 0 aliphatic carbocycles. The van der Waals surface area contributed by atoms with E-state index in [1.165, 1.54) is 25.9 Å². The number of aliphatic hydroxyl groups is 2. The predicted molar refractivity (Wildman–Crippen MR) is 58.6 cm³/mol. The van der Waals surface area contributed by atoms with Crippen molar-refractivity contribution < 1.29 is 30.0 Å². The van der Waals surface area contributed by atoms with E-state index in [1.54, 1.807) is 0 Å². The molecule has 5 N–H and O–H groups in total. The molecule has 7 heteroatoms. The predicted octanol–water partition coefficient (Wildman–Crippen LogP) is -1.12. The van der Waals surface area contributed by atoms with Crippen LogP contribution in [0.5, 0.6) is 0 Å². The smallest absolute Gasteiger partial charge is 0.335 e. The number of nitrogens with one attached hydrogen (secondary N) is 1. The second-order valence-corrected chi connectivity index (χ2v) is 4.02. The van der Waals surface area contributed by atoms with Crippen LogP contribution in [0.25, 0.3) is 0 Å². The second kappa shape index (κ2) is 7.99. The molecule has 1 rings (SSSR count). The van der Waals surface area contributed by atoms with Gasteiger partial charge in [0, 0.05) is 0 Å². The number of piperidine rings is 1. The standard InChI is InChI=1S/C6H13N.C4H6O6/c1-6-3-2-4-7-5-6;5-1(3(7)8)2(6)4(9)10/h6-7H,2-5H2,1H3;1-2,5-6H,(H,7,8)(H,9,10). The molecule has 0 aromatic heterocycles. The van der Waals surface area contributed by atoms with Crippen molar-refractivity contribution in [3.05, 3.63) is 0 Å². The van der Waals surface area contributed by atoms with Crippen molar-refractivity contribution >= 4 is 11.9 Å². The van der Waals surface area contributed by atoms with Gasteiger partial charge in [0.2, 0.25) is 0 Å². The van der Waals surface area contributed by atoms with Gasteiger partial charge in [0.25, 0.3) is 0 Å². The summed E-state index contributed by atoms with van der Waals surface area (Å²) >= 11 is 0.